The zero-order valence-corrected chi connectivity index (χ0v) is 9.29. The van der Waals surface area contributed by atoms with Crippen LogP contribution in [0, 0.1) is 0 Å². The number of rotatable bonds is 2. The summed E-state index contributed by atoms with van der Waals surface area (Å²) in [5.74, 6) is 0. The molecule has 5 heteroatoms. The quantitative estimate of drug-likeness (QED) is 0.760. The van der Waals surface area contributed by atoms with E-state index in [1.54, 1.807) is 4.68 Å². The molecule has 2 aliphatic rings. The largest absolute Gasteiger partial charge is 0.370 e. The van der Waals surface area contributed by atoms with E-state index in [0.717, 1.165) is 30.8 Å². The van der Waals surface area contributed by atoms with Crippen molar-refractivity contribution in [2.45, 2.75) is 45.1 Å². The van der Waals surface area contributed by atoms with Crippen molar-refractivity contribution < 1.29 is 4.74 Å². The average molecular weight is 223 g/mol. The van der Waals surface area contributed by atoms with Gasteiger partial charge in [-0.2, -0.15) is 0 Å². The number of H-pyrrole nitrogens is 1. The first-order valence-corrected chi connectivity index (χ1v) is 5.96. The van der Waals surface area contributed by atoms with Gasteiger partial charge in [-0.25, -0.2) is 0 Å². The second-order valence-electron chi connectivity index (χ2n) is 4.62. The third kappa shape index (κ3) is 1.70. The van der Waals surface area contributed by atoms with E-state index in [-0.39, 0.29) is 5.56 Å². The molecule has 5 nitrogen and oxygen atoms in total. The van der Waals surface area contributed by atoms with Crippen LogP contribution in [0.1, 0.15) is 30.5 Å². The fourth-order valence-corrected chi connectivity index (χ4v) is 2.53. The standard InChI is InChI=1S/C11H17N3O2/c15-11-9-6-16-7-10(9)13-14(11)5-8-3-1-2-4-12-8/h8,12-13H,1-7H2. The normalized spacial score (nSPS) is 24.6. The molecule has 1 fully saturated rings. The lowest BCUT2D eigenvalue weighted by molar-refractivity contribution is 0.129. The molecule has 0 amide bonds. The molecule has 3 heterocycles. The Morgan fingerprint density at radius 3 is 3.06 bits per heavy atom. The van der Waals surface area contributed by atoms with Gasteiger partial charge in [0.15, 0.2) is 0 Å². The van der Waals surface area contributed by atoms with Gasteiger partial charge in [0.25, 0.3) is 5.56 Å². The van der Waals surface area contributed by atoms with Gasteiger partial charge in [0.1, 0.15) is 0 Å². The summed E-state index contributed by atoms with van der Waals surface area (Å²) in [5.41, 5.74) is 1.87. The molecule has 16 heavy (non-hydrogen) atoms. The van der Waals surface area contributed by atoms with Crippen LogP contribution in [0.25, 0.3) is 0 Å². The predicted octanol–water partition coefficient (Wildman–Crippen LogP) is 0.349. The van der Waals surface area contributed by atoms with E-state index < -0.39 is 0 Å². The van der Waals surface area contributed by atoms with Crippen LogP contribution in [-0.4, -0.2) is 22.4 Å². The maximum absolute atomic E-state index is 12.0. The molecule has 2 aliphatic heterocycles. The number of hydrogen-bond donors (Lipinski definition) is 2. The van der Waals surface area contributed by atoms with Crippen LogP contribution in [-0.2, 0) is 24.5 Å². The number of piperidine rings is 1. The SMILES string of the molecule is O=c1c2c([nH]n1CC1CCCCN1)COC2. The van der Waals surface area contributed by atoms with E-state index in [4.69, 9.17) is 4.74 Å². The molecule has 0 aromatic carbocycles. The molecular formula is C11H17N3O2. The van der Waals surface area contributed by atoms with Gasteiger partial charge in [0.2, 0.25) is 0 Å². The Balaban J connectivity index is 1.77. The fraction of sp³-hybridized carbons (Fsp3) is 0.727. The summed E-state index contributed by atoms with van der Waals surface area (Å²) < 4.78 is 6.95. The van der Waals surface area contributed by atoms with Crippen LogP contribution in [0.3, 0.4) is 0 Å². The highest BCUT2D eigenvalue weighted by atomic mass is 16.5. The Labute approximate surface area is 93.8 Å². The lowest BCUT2D eigenvalue weighted by Gasteiger charge is -2.23. The average Bonchev–Trinajstić information content (AvgIpc) is 2.86. The number of fused-ring (bicyclic) bond motifs is 1. The topological polar surface area (TPSA) is 59.0 Å². The summed E-state index contributed by atoms with van der Waals surface area (Å²) in [6.45, 7) is 2.85. The molecule has 1 aromatic heterocycles. The second kappa shape index (κ2) is 4.07. The third-order valence-electron chi connectivity index (χ3n) is 3.45. The third-order valence-corrected chi connectivity index (χ3v) is 3.45. The van der Waals surface area contributed by atoms with Crippen LogP contribution in [0.2, 0.25) is 0 Å². The first-order chi connectivity index (χ1) is 7.84. The number of aromatic nitrogens is 2. The van der Waals surface area contributed by atoms with Crippen molar-refractivity contribution in [1.82, 2.24) is 15.1 Å². The summed E-state index contributed by atoms with van der Waals surface area (Å²) in [6, 6.07) is 0.436. The monoisotopic (exact) mass is 223 g/mol. The van der Waals surface area contributed by atoms with Gasteiger partial charge in [0.05, 0.1) is 31.0 Å². The summed E-state index contributed by atoms with van der Waals surface area (Å²) >= 11 is 0. The van der Waals surface area contributed by atoms with Crippen molar-refractivity contribution in [1.29, 1.82) is 0 Å². The molecule has 0 bridgehead atoms. The molecule has 3 rings (SSSR count). The highest BCUT2D eigenvalue weighted by Gasteiger charge is 2.21. The molecule has 0 saturated carbocycles. The Kier molecular flexibility index (Phi) is 2.57. The molecule has 88 valence electrons. The molecule has 1 unspecified atom stereocenters. The highest BCUT2D eigenvalue weighted by molar-refractivity contribution is 5.18. The second-order valence-corrected chi connectivity index (χ2v) is 4.62. The van der Waals surface area contributed by atoms with Gasteiger partial charge in [-0.15, -0.1) is 0 Å². The first-order valence-electron chi connectivity index (χ1n) is 5.96. The molecule has 2 N–H and O–H groups in total. The van der Waals surface area contributed by atoms with E-state index in [0.29, 0.717) is 19.3 Å². The van der Waals surface area contributed by atoms with Crippen molar-refractivity contribution in [3.8, 4) is 0 Å². The van der Waals surface area contributed by atoms with Crippen LogP contribution in [0.15, 0.2) is 4.79 Å². The number of nitrogens with zero attached hydrogens (tertiary/aromatic N) is 1. The number of aromatic amines is 1. The van der Waals surface area contributed by atoms with Crippen LogP contribution >= 0.6 is 0 Å². The maximum Gasteiger partial charge on any atom is 0.272 e. The van der Waals surface area contributed by atoms with Crippen LogP contribution in [0.4, 0.5) is 0 Å². The Morgan fingerprint density at radius 1 is 1.38 bits per heavy atom. The number of hydrogen-bond acceptors (Lipinski definition) is 3. The Hall–Kier alpha value is -1.07. The lowest BCUT2D eigenvalue weighted by Crippen LogP contribution is -2.39. The fourth-order valence-electron chi connectivity index (χ4n) is 2.53. The van der Waals surface area contributed by atoms with E-state index in [1.165, 1.54) is 12.8 Å². The molecular weight excluding hydrogens is 206 g/mol. The summed E-state index contributed by atoms with van der Waals surface area (Å²) in [4.78, 5) is 12.0. The van der Waals surface area contributed by atoms with E-state index in [1.807, 2.05) is 0 Å². The van der Waals surface area contributed by atoms with Crippen LogP contribution in [0.5, 0.6) is 0 Å². The molecule has 0 aliphatic carbocycles. The molecule has 1 aromatic rings. The van der Waals surface area contributed by atoms with Crippen molar-refractivity contribution in [3.63, 3.8) is 0 Å². The molecule has 1 atom stereocenters. The van der Waals surface area contributed by atoms with Crippen molar-refractivity contribution in [2.24, 2.45) is 0 Å². The molecule has 1 saturated heterocycles. The van der Waals surface area contributed by atoms with Crippen molar-refractivity contribution in [3.05, 3.63) is 21.6 Å². The number of nitrogens with one attached hydrogen (secondary N) is 2. The highest BCUT2D eigenvalue weighted by Crippen LogP contribution is 2.14. The zero-order valence-electron chi connectivity index (χ0n) is 9.29. The van der Waals surface area contributed by atoms with E-state index in [9.17, 15) is 4.79 Å². The minimum absolute atomic E-state index is 0.0971. The summed E-state index contributed by atoms with van der Waals surface area (Å²) in [6.07, 6.45) is 3.67. The summed E-state index contributed by atoms with van der Waals surface area (Å²) in [5, 5.41) is 6.60. The Morgan fingerprint density at radius 2 is 2.31 bits per heavy atom. The smallest absolute Gasteiger partial charge is 0.272 e. The number of ether oxygens (including phenoxy) is 1. The van der Waals surface area contributed by atoms with Gasteiger partial charge in [0, 0.05) is 6.04 Å². The summed E-state index contributed by atoms with van der Waals surface area (Å²) in [7, 11) is 0. The van der Waals surface area contributed by atoms with E-state index >= 15 is 0 Å². The minimum atomic E-state index is 0.0971. The van der Waals surface area contributed by atoms with Gasteiger partial charge in [-0.05, 0) is 19.4 Å². The first kappa shape index (κ1) is 10.1. The minimum Gasteiger partial charge on any atom is -0.370 e. The lowest BCUT2D eigenvalue weighted by atomic mass is 10.1. The van der Waals surface area contributed by atoms with Gasteiger partial charge in [-0.1, -0.05) is 6.42 Å². The molecule has 0 radical (unpaired) electrons. The van der Waals surface area contributed by atoms with Crippen molar-refractivity contribution in [2.75, 3.05) is 6.54 Å². The van der Waals surface area contributed by atoms with Crippen LogP contribution < -0.4 is 10.9 Å². The zero-order chi connectivity index (χ0) is 11.0. The van der Waals surface area contributed by atoms with Gasteiger partial charge in [-0.3, -0.25) is 14.6 Å². The van der Waals surface area contributed by atoms with Gasteiger partial charge < -0.3 is 10.1 Å². The van der Waals surface area contributed by atoms with Crippen molar-refractivity contribution >= 4 is 0 Å². The maximum atomic E-state index is 12.0. The van der Waals surface area contributed by atoms with E-state index in [2.05, 4.69) is 10.4 Å². The Bertz CT molecular complexity index is 429. The van der Waals surface area contributed by atoms with Gasteiger partial charge >= 0.3 is 0 Å². The predicted molar refractivity (Wildman–Crippen MR) is 59.2 cm³/mol. The molecule has 0 spiro atoms.